The first-order valence-electron chi connectivity index (χ1n) is 7.44. The lowest BCUT2D eigenvalue weighted by atomic mass is 10.1. The Balaban J connectivity index is 1.82. The number of hydrogen-bond donors (Lipinski definition) is 1. The van der Waals surface area contributed by atoms with Crippen LogP contribution in [0, 0.1) is 0 Å². The molecule has 1 atom stereocenters. The lowest BCUT2D eigenvalue weighted by Crippen LogP contribution is -2.02. The quantitative estimate of drug-likeness (QED) is 0.736. The lowest BCUT2D eigenvalue weighted by molar-refractivity contribution is 0.269. The average molecular weight is 303 g/mol. The fourth-order valence-corrected chi connectivity index (χ4v) is 2.26. The number of pyridine rings is 2. The zero-order valence-electron chi connectivity index (χ0n) is 12.6. The van der Waals surface area contributed by atoms with Gasteiger partial charge in [-0.2, -0.15) is 0 Å². The Labute approximate surface area is 135 Å². The van der Waals surface area contributed by atoms with Gasteiger partial charge in [-0.05, 0) is 29.8 Å². The summed E-state index contributed by atoms with van der Waals surface area (Å²) in [6.45, 7) is -0.0412. The molecule has 0 aliphatic carbocycles. The van der Waals surface area contributed by atoms with E-state index < -0.39 is 0 Å². The Hall–Kier alpha value is -2.85. The number of rotatable bonds is 5. The van der Waals surface area contributed by atoms with Crippen molar-refractivity contribution >= 4 is 6.21 Å². The second-order valence-electron chi connectivity index (χ2n) is 5.05. The maximum atomic E-state index is 9.55. The van der Waals surface area contributed by atoms with Gasteiger partial charge in [0.2, 0.25) is 0 Å². The minimum atomic E-state index is -0.281. The molecule has 0 unspecified atom stereocenters. The summed E-state index contributed by atoms with van der Waals surface area (Å²) in [5.41, 5.74) is 3.34. The van der Waals surface area contributed by atoms with Crippen LogP contribution in [0.25, 0.3) is 11.4 Å². The Morgan fingerprint density at radius 1 is 0.913 bits per heavy atom. The van der Waals surface area contributed by atoms with Gasteiger partial charge in [-0.15, -0.1) is 0 Å². The highest BCUT2D eigenvalue weighted by Gasteiger charge is 2.07. The first kappa shape index (κ1) is 15.1. The van der Waals surface area contributed by atoms with Crippen molar-refractivity contribution in [3.05, 3.63) is 84.2 Å². The molecule has 0 amide bonds. The number of aliphatic imine (C=N–C) groups is 1. The van der Waals surface area contributed by atoms with Crippen molar-refractivity contribution in [2.75, 3.05) is 6.61 Å². The highest BCUT2D eigenvalue weighted by Crippen LogP contribution is 2.17. The van der Waals surface area contributed by atoms with E-state index in [0.29, 0.717) is 0 Å². The second kappa shape index (κ2) is 7.42. The highest BCUT2D eigenvalue weighted by atomic mass is 16.3. The molecule has 0 bridgehead atoms. The maximum absolute atomic E-state index is 9.55. The second-order valence-corrected chi connectivity index (χ2v) is 5.05. The summed E-state index contributed by atoms with van der Waals surface area (Å²) < 4.78 is 0. The molecule has 23 heavy (non-hydrogen) atoms. The van der Waals surface area contributed by atoms with Gasteiger partial charge in [0.05, 0.1) is 29.7 Å². The van der Waals surface area contributed by atoms with Crippen molar-refractivity contribution < 1.29 is 5.11 Å². The fraction of sp³-hybridized carbons (Fsp3) is 0.105. The van der Waals surface area contributed by atoms with Crippen LogP contribution in [0.15, 0.2) is 77.9 Å². The SMILES string of the molecule is OC[C@H](N=Cc1cccc(-c2ccccn2)n1)c1ccccc1. The van der Waals surface area contributed by atoms with Crippen molar-refractivity contribution in [3.63, 3.8) is 0 Å². The summed E-state index contributed by atoms with van der Waals surface area (Å²) in [5.74, 6) is 0. The molecule has 3 aromatic rings. The topological polar surface area (TPSA) is 58.4 Å². The van der Waals surface area contributed by atoms with Gasteiger partial charge in [-0.1, -0.05) is 42.5 Å². The minimum absolute atomic E-state index is 0.0412. The number of aromatic nitrogens is 2. The monoisotopic (exact) mass is 303 g/mol. The molecular weight excluding hydrogens is 286 g/mol. The molecule has 0 saturated carbocycles. The van der Waals surface area contributed by atoms with E-state index in [2.05, 4.69) is 15.0 Å². The third-order valence-electron chi connectivity index (χ3n) is 3.44. The summed E-state index contributed by atoms with van der Waals surface area (Å²) >= 11 is 0. The van der Waals surface area contributed by atoms with Crippen LogP contribution in [0.4, 0.5) is 0 Å². The van der Waals surface area contributed by atoms with Gasteiger partial charge < -0.3 is 5.11 Å². The van der Waals surface area contributed by atoms with Crippen LogP contribution in [0.3, 0.4) is 0 Å². The first-order valence-corrected chi connectivity index (χ1v) is 7.44. The van der Waals surface area contributed by atoms with Crippen LogP contribution >= 0.6 is 0 Å². The molecule has 0 radical (unpaired) electrons. The van der Waals surface area contributed by atoms with Gasteiger partial charge in [-0.25, -0.2) is 4.98 Å². The standard InChI is InChI=1S/C19H17N3O/c23-14-19(15-7-2-1-3-8-15)21-13-16-9-6-11-18(22-16)17-10-4-5-12-20-17/h1-13,19,23H,14H2/t19-/m0/s1. The normalized spacial score (nSPS) is 12.4. The molecule has 0 saturated heterocycles. The fourth-order valence-electron chi connectivity index (χ4n) is 2.26. The molecule has 1 N–H and O–H groups in total. The molecule has 3 rings (SSSR count). The molecule has 0 spiro atoms. The molecule has 4 heteroatoms. The largest absolute Gasteiger partial charge is 0.394 e. The van der Waals surface area contributed by atoms with Crippen LogP contribution < -0.4 is 0 Å². The lowest BCUT2D eigenvalue weighted by Gasteiger charge is -2.09. The molecule has 114 valence electrons. The molecular formula is C19H17N3O. The van der Waals surface area contributed by atoms with Crippen molar-refractivity contribution in [1.29, 1.82) is 0 Å². The zero-order chi connectivity index (χ0) is 15.9. The van der Waals surface area contributed by atoms with Crippen LogP contribution in [-0.4, -0.2) is 27.9 Å². The third-order valence-corrected chi connectivity index (χ3v) is 3.44. The van der Waals surface area contributed by atoms with Gasteiger partial charge in [-0.3, -0.25) is 9.98 Å². The van der Waals surface area contributed by atoms with Gasteiger partial charge in [0.15, 0.2) is 0 Å². The number of benzene rings is 1. The van der Waals surface area contributed by atoms with Crippen LogP contribution in [0.2, 0.25) is 0 Å². The van der Waals surface area contributed by atoms with E-state index >= 15 is 0 Å². The van der Waals surface area contributed by atoms with Crippen LogP contribution in [0.1, 0.15) is 17.3 Å². The summed E-state index contributed by atoms with van der Waals surface area (Å²) in [5, 5.41) is 9.55. The van der Waals surface area contributed by atoms with E-state index in [1.165, 1.54) is 0 Å². The van der Waals surface area contributed by atoms with Crippen LogP contribution in [0.5, 0.6) is 0 Å². The van der Waals surface area contributed by atoms with Gasteiger partial charge in [0.1, 0.15) is 0 Å². The maximum Gasteiger partial charge on any atom is 0.0980 e. The van der Waals surface area contributed by atoms with E-state index in [0.717, 1.165) is 22.6 Å². The van der Waals surface area contributed by atoms with E-state index in [4.69, 9.17) is 0 Å². The van der Waals surface area contributed by atoms with Gasteiger partial charge in [0, 0.05) is 12.4 Å². The summed E-state index contributed by atoms with van der Waals surface area (Å²) in [6, 6.07) is 20.9. The van der Waals surface area contributed by atoms with E-state index in [1.807, 2.05) is 66.7 Å². The van der Waals surface area contributed by atoms with E-state index in [-0.39, 0.29) is 12.6 Å². The van der Waals surface area contributed by atoms with E-state index in [9.17, 15) is 5.11 Å². The summed E-state index contributed by atoms with van der Waals surface area (Å²) in [7, 11) is 0. The Morgan fingerprint density at radius 2 is 1.70 bits per heavy atom. The number of aliphatic hydroxyl groups is 1. The van der Waals surface area contributed by atoms with Crippen LogP contribution in [-0.2, 0) is 0 Å². The van der Waals surface area contributed by atoms with Crippen molar-refractivity contribution in [1.82, 2.24) is 9.97 Å². The molecule has 2 aromatic heterocycles. The minimum Gasteiger partial charge on any atom is -0.394 e. The van der Waals surface area contributed by atoms with Crippen molar-refractivity contribution in [3.8, 4) is 11.4 Å². The molecule has 0 aliphatic rings. The average Bonchev–Trinajstić information content (AvgIpc) is 2.64. The first-order chi connectivity index (χ1) is 11.4. The third kappa shape index (κ3) is 3.87. The van der Waals surface area contributed by atoms with Gasteiger partial charge in [0.25, 0.3) is 0 Å². The number of nitrogens with zero attached hydrogens (tertiary/aromatic N) is 3. The predicted octanol–water partition coefficient (Wildman–Crippen LogP) is 3.30. The van der Waals surface area contributed by atoms with Gasteiger partial charge >= 0.3 is 0 Å². The van der Waals surface area contributed by atoms with E-state index in [1.54, 1.807) is 12.4 Å². The Bertz CT molecular complexity index is 773. The number of aliphatic hydroxyl groups excluding tert-OH is 1. The van der Waals surface area contributed by atoms with Crippen molar-refractivity contribution in [2.24, 2.45) is 4.99 Å². The molecule has 4 nitrogen and oxygen atoms in total. The van der Waals surface area contributed by atoms with Crippen molar-refractivity contribution in [2.45, 2.75) is 6.04 Å². The molecule has 0 aliphatic heterocycles. The summed E-state index contributed by atoms with van der Waals surface area (Å²) in [4.78, 5) is 13.3. The Morgan fingerprint density at radius 3 is 2.43 bits per heavy atom. The number of hydrogen-bond acceptors (Lipinski definition) is 4. The molecule has 2 heterocycles. The zero-order valence-corrected chi connectivity index (χ0v) is 12.6. The molecule has 0 fully saturated rings. The Kier molecular flexibility index (Phi) is 4.86. The summed E-state index contributed by atoms with van der Waals surface area (Å²) in [6.07, 6.45) is 3.44. The smallest absolute Gasteiger partial charge is 0.0980 e. The predicted molar refractivity (Wildman–Crippen MR) is 91.3 cm³/mol. The highest BCUT2D eigenvalue weighted by molar-refractivity contribution is 5.78. The molecule has 1 aromatic carbocycles.